The number of hydrogen-bond acceptors (Lipinski definition) is 5. The van der Waals surface area contributed by atoms with E-state index in [1.54, 1.807) is 4.90 Å². The van der Waals surface area contributed by atoms with Crippen molar-refractivity contribution in [3.63, 3.8) is 0 Å². The Hall–Kier alpha value is -1.97. The molecule has 0 bridgehead atoms. The largest absolute Gasteiger partial charge is 0.388 e. The summed E-state index contributed by atoms with van der Waals surface area (Å²) in [5.74, 6) is 0.319. The highest BCUT2D eigenvalue weighted by molar-refractivity contribution is 7.89. The zero-order chi connectivity index (χ0) is 18.0. The average Bonchev–Trinajstić information content (AvgIpc) is 3.15. The maximum atomic E-state index is 12.4. The molecule has 1 aromatic carbocycles. The van der Waals surface area contributed by atoms with Crippen LogP contribution in [0.25, 0.3) is 11.0 Å². The topological polar surface area (TPSA) is 119 Å². The van der Waals surface area contributed by atoms with Crippen molar-refractivity contribution in [1.29, 1.82) is 0 Å². The molecule has 0 saturated carbocycles. The number of rotatable bonds is 6. The lowest BCUT2D eigenvalue weighted by Gasteiger charge is -2.17. The van der Waals surface area contributed by atoms with Crippen LogP contribution in [-0.2, 0) is 28.0 Å². The van der Waals surface area contributed by atoms with Crippen LogP contribution in [0.2, 0.25) is 0 Å². The molecule has 25 heavy (non-hydrogen) atoms. The Morgan fingerprint density at radius 2 is 2.12 bits per heavy atom. The highest BCUT2D eigenvalue weighted by Crippen LogP contribution is 2.20. The van der Waals surface area contributed by atoms with Crippen molar-refractivity contribution >= 4 is 27.0 Å². The molecule has 2 aromatic rings. The number of para-hydroxylation sites is 2. The minimum absolute atomic E-state index is 0.0291. The Morgan fingerprint density at radius 1 is 1.36 bits per heavy atom. The SMILES string of the molecule is NS(=O)(=O)C[C@@H]1CCN(C(=O)CCn2c(CO)nc3ccccc32)C1. The molecule has 136 valence electrons. The van der Waals surface area contributed by atoms with E-state index in [-0.39, 0.29) is 30.6 Å². The van der Waals surface area contributed by atoms with Crippen molar-refractivity contribution in [2.45, 2.75) is 26.0 Å². The number of imidazole rings is 1. The van der Waals surface area contributed by atoms with Gasteiger partial charge in [-0.3, -0.25) is 4.79 Å². The standard InChI is InChI=1S/C16H22N4O4S/c17-25(23,24)11-12-5-7-19(9-12)16(22)6-8-20-14-4-2-1-3-13(14)18-15(20)10-21/h1-4,12,21H,5-11H2,(H2,17,23,24)/t12-/m1/s1. The van der Waals surface area contributed by atoms with Gasteiger partial charge in [-0.25, -0.2) is 18.5 Å². The van der Waals surface area contributed by atoms with Gasteiger partial charge >= 0.3 is 0 Å². The number of carbonyl (C=O) groups excluding carboxylic acids is 1. The van der Waals surface area contributed by atoms with Crippen molar-refractivity contribution in [3.05, 3.63) is 30.1 Å². The molecule has 1 atom stereocenters. The molecule has 0 spiro atoms. The summed E-state index contributed by atoms with van der Waals surface area (Å²) in [6, 6.07) is 7.54. The zero-order valence-electron chi connectivity index (χ0n) is 13.8. The zero-order valence-corrected chi connectivity index (χ0v) is 14.7. The van der Waals surface area contributed by atoms with E-state index in [2.05, 4.69) is 4.98 Å². The van der Waals surface area contributed by atoms with Gasteiger partial charge in [-0.1, -0.05) is 12.1 Å². The van der Waals surface area contributed by atoms with E-state index in [1.807, 2.05) is 28.8 Å². The van der Waals surface area contributed by atoms with Crippen molar-refractivity contribution in [1.82, 2.24) is 14.5 Å². The van der Waals surface area contributed by atoms with Gasteiger partial charge < -0.3 is 14.6 Å². The third-order valence-corrected chi connectivity index (χ3v) is 5.47. The number of nitrogens with two attached hydrogens (primary N) is 1. The number of benzene rings is 1. The van der Waals surface area contributed by atoms with Crippen LogP contribution < -0.4 is 5.14 Å². The highest BCUT2D eigenvalue weighted by Gasteiger charge is 2.28. The number of sulfonamides is 1. The minimum atomic E-state index is -3.52. The van der Waals surface area contributed by atoms with Crippen molar-refractivity contribution in [2.24, 2.45) is 11.1 Å². The predicted molar refractivity (Wildman–Crippen MR) is 92.9 cm³/mol. The molecule has 1 fully saturated rings. The number of nitrogens with zero attached hydrogens (tertiary/aromatic N) is 3. The van der Waals surface area contributed by atoms with Crippen LogP contribution in [0.15, 0.2) is 24.3 Å². The lowest BCUT2D eigenvalue weighted by atomic mass is 10.2. The monoisotopic (exact) mass is 366 g/mol. The molecule has 0 radical (unpaired) electrons. The molecule has 8 nitrogen and oxygen atoms in total. The second kappa shape index (κ2) is 7.11. The van der Waals surface area contributed by atoms with Crippen LogP contribution in [0.4, 0.5) is 0 Å². The quantitative estimate of drug-likeness (QED) is 0.749. The van der Waals surface area contributed by atoms with Crippen molar-refractivity contribution < 1.29 is 18.3 Å². The molecule has 3 rings (SSSR count). The van der Waals surface area contributed by atoms with Gasteiger partial charge in [0.05, 0.1) is 16.8 Å². The number of hydrogen-bond donors (Lipinski definition) is 2. The lowest BCUT2D eigenvalue weighted by molar-refractivity contribution is -0.130. The van der Waals surface area contributed by atoms with Gasteiger partial charge in [0, 0.05) is 26.1 Å². The summed E-state index contributed by atoms with van der Waals surface area (Å²) < 4.78 is 24.2. The molecule has 9 heteroatoms. The number of aliphatic hydroxyl groups is 1. The summed E-state index contributed by atoms with van der Waals surface area (Å²) in [7, 11) is -3.52. The fourth-order valence-corrected chi connectivity index (χ4v) is 4.31. The number of likely N-dealkylation sites (tertiary alicyclic amines) is 1. The van der Waals surface area contributed by atoms with Crippen LogP contribution >= 0.6 is 0 Å². The Labute approximate surface area is 146 Å². The molecular formula is C16H22N4O4S. The van der Waals surface area contributed by atoms with Gasteiger partial charge in [-0.05, 0) is 24.5 Å². The summed E-state index contributed by atoms with van der Waals surface area (Å²) in [6.07, 6.45) is 0.924. The second-order valence-electron chi connectivity index (χ2n) is 6.40. The van der Waals surface area contributed by atoms with Crippen LogP contribution in [0.5, 0.6) is 0 Å². The normalized spacial score (nSPS) is 18.2. The maximum absolute atomic E-state index is 12.4. The number of carbonyl (C=O) groups is 1. The summed E-state index contributed by atoms with van der Waals surface area (Å²) in [4.78, 5) is 18.5. The van der Waals surface area contributed by atoms with E-state index >= 15 is 0 Å². The number of fused-ring (bicyclic) bond motifs is 1. The molecular weight excluding hydrogens is 344 g/mol. The summed E-state index contributed by atoms with van der Waals surface area (Å²) in [6.45, 7) is 1.21. The van der Waals surface area contributed by atoms with Crippen molar-refractivity contribution in [3.8, 4) is 0 Å². The van der Waals surface area contributed by atoms with E-state index in [9.17, 15) is 18.3 Å². The fraction of sp³-hybridized carbons (Fsp3) is 0.500. The molecule has 1 aromatic heterocycles. The molecule has 0 aliphatic carbocycles. The Bertz CT molecular complexity index is 877. The van der Waals surface area contributed by atoms with Gasteiger partial charge in [0.25, 0.3) is 0 Å². The molecule has 1 amide bonds. The van der Waals surface area contributed by atoms with Crippen LogP contribution in [-0.4, -0.2) is 52.7 Å². The molecule has 3 N–H and O–H groups in total. The third kappa shape index (κ3) is 4.17. The lowest BCUT2D eigenvalue weighted by Crippen LogP contribution is -2.31. The molecule has 1 aliphatic heterocycles. The summed E-state index contributed by atoms with van der Waals surface area (Å²) >= 11 is 0. The smallest absolute Gasteiger partial charge is 0.224 e. The van der Waals surface area contributed by atoms with Crippen LogP contribution in [0.1, 0.15) is 18.7 Å². The van der Waals surface area contributed by atoms with Gasteiger partial charge in [-0.2, -0.15) is 0 Å². The van der Waals surface area contributed by atoms with Gasteiger partial charge in [-0.15, -0.1) is 0 Å². The van der Waals surface area contributed by atoms with E-state index in [1.165, 1.54) is 0 Å². The second-order valence-corrected chi connectivity index (χ2v) is 8.06. The Kier molecular flexibility index (Phi) is 5.07. The third-order valence-electron chi connectivity index (χ3n) is 4.53. The highest BCUT2D eigenvalue weighted by atomic mass is 32.2. The fourth-order valence-electron chi connectivity index (χ4n) is 3.38. The number of primary sulfonamides is 1. The number of aromatic nitrogens is 2. The molecule has 1 saturated heterocycles. The van der Waals surface area contributed by atoms with E-state index in [4.69, 9.17) is 5.14 Å². The molecule has 1 aliphatic rings. The van der Waals surface area contributed by atoms with Crippen molar-refractivity contribution in [2.75, 3.05) is 18.8 Å². The minimum Gasteiger partial charge on any atom is -0.388 e. The van der Waals surface area contributed by atoms with Crippen LogP contribution in [0, 0.1) is 5.92 Å². The average molecular weight is 366 g/mol. The summed E-state index contributed by atoms with van der Waals surface area (Å²) in [5.41, 5.74) is 1.67. The first-order valence-corrected chi connectivity index (χ1v) is 9.92. The van der Waals surface area contributed by atoms with Gasteiger partial charge in [0.15, 0.2) is 0 Å². The Balaban J connectivity index is 1.64. The van der Waals surface area contributed by atoms with Crippen LogP contribution in [0.3, 0.4) is 0 Å². The number of aliphatic hydroxyl groups excluding tert-OH is 1. The van der Waals surface area contributed by atoms with Gasteiger partial charge in [0.1, 0.15) is 12.4 Å². The van der Waals surface area contributed by atoms with E-state index in [0.717, 1.165) is 11.0 Å². The predicted octanol–water partition coefficient (Wildman–Crippen LogP) is 0.0557. The first-order chi connectivity index (χ1) is 11.9. The summed E-state index contributed by atoms with van der Waals surface area (Å²) in [5, 5.41) is 14.6. The van der Waals surface area contributed by atoms with E-state index < -0.39 is 10.0 Å². The molecule has 2 heterocycles. The maximum Gasteiger partial charge on any atom is 0.224 e. The number of amides is 1. The Morgan fingerprint density at radius 3 is 2.84 bits per heavy atom. The van der Waals surface area contributed by atoms with E-state index in [0.29, 0.717) is 31.9 Å². The first-order valence-electron chi connectivity index (χ1n) is 8.20. The van der Waals surface area contributed by atoms with Gasteiger partial charge in [0.2, 0.25) is 15.9 Å². The number of aryl methyl sites for hydroxylation is 1. The first kappa shape index (κ1) is 17.8. The molecule has 0 unspecified atom stereocenters.